The molecule has 0 aliphatic heterocycles. The van der Waals surface area contributed by atoms with Crippen molar-refractivity contribution in [1.29, 1.82) is 0 Å². The minimum atomic E-state index is -0.805. The third-order valence-electron chi connectivity index (χ3n) is 2.85. The van der Waals surface area contributed by atoms with Gasteiger partial charge in [-0.15, -0.1) is 0 Å². The highest BCUT2D eigenvalue weighted by Gasteiger charge is 2.24. The van der Waals surface area contributed by atoms with Gasteiger partial charge in [0.15, 0.2) is 5.65 Å². The zero-order chi connectivity index (χ0) is 14.0. The molecule has 0 spiro atoms. The standard InChI is InChI=1S/C13H17N3O3/c1-13(2,7-11(17)18)6-9-14-8-4-5-10(19-3)16-12(8)15-9/h4-5H,6-7H2,1-3H3,(H,17,18)(H,14,15,16). The summed E-state index contributed by atoms with van der Waals surface area (Å²) >= 11 is 0. The molecule has 0 atom stereocenters. The highest BCUT2D eigenvalue weighted by Crippen LogP contribution is 2.26. The number of carboxylic acids is 1. The molecule has 6 nitrogen and oxygen atoms in total. The minimum Gasteiger partial charge on any atom is -0.481 e. The van der Waals surface area contributed by atoms with Crippen molar-refractivity contribution in [1.82, 2.24) is 15.0 Å². The number of pyridine rings is 1. The summed E-state index contributed by atoms with van der Waals surface area (Å²) in [7, 11) is 1.55. The van der Waals surface area contributed by atoms with Crippen molar-refractivity contribution >= 4 is 17.1 Å². The van der Waals surface area contributed by atoms with E-state index < -0.39 is 5.97 Å². The Morgan fingerprint density at radius 3 is 2.79 bits per heavy atom. The van der Waals surface area contributed by atoms with Crippen LogP contribution in [-0.2, 0) is 11.2 Å². The van der Waals surface area contributed by atoms with Crippen LogP contribution in [0, 0.1) is 5.41 Å². The van der Waals surface area contributed by atoms with E-state index in [0.717, 1.165) is 11.3 Å². The zero-order valence-electron chi connectivity index (χ0n) is 11.2. The summed E-state index contributed by atoms with van der Waals surface area (Å²) in [5.41, 5.74) is 1.05. The molecule has 0 saturated carbocycles. The van der Waals surface area contributed by atoms with Crippen molar-refractivity contribution in [3.05, 3.63) is 18.0 Å². The Balaban J connectivity index is 2.24. The molecular formula is C13H17N3O3. The summed E-state index contributed by atoms with van der Waals surface area (Å²) in [5.74, 6) is 0.443. The molecule has 0 saturated heterocycles. The van der Waals surface area contributed by atoms with E-state index in [4.69, 9.17) is 9.84 Å². The molecule has 0 amide bonds. The second-order valence-electron chi connectivity index (χ2n) is 5.32. The van der Waals surface area contributed by atoms with Gasteiger partial charge in [-0.1, -0.05) is 13.8 Å². The molecule has 2 heterocycles. The van der Waals surface area contributed by atoms with Gasteiger partial charge < -0.3 is 14.8 Å². The van der Waals surface area contributed by atoms with Gasteiger partial charge in [-0.3, -0.25) is 4.79 Å². The second kappa shape index (κ2) is 4.87. The smallest absolute Gasteiger partial charge is 0.303 e. The number of aliphatic carboxylic acids is 1. The van der Waals surface area contributed by atoms with Gasteiger partial charge >= 0.3 is 5.97 Å². The molecule has 2 rings (SSSR count). The number of hydrogen-bond donors (Lipinski definition) is 2. The van der Waals surface area contributed by atoms with E-state index in [-0.39, 0.29) is 11.8 Å². The highest BCUT2D eigenvalue weighted by atomic mass is 16.5. The number of fused-ring (bicyclic) bond motifs is 1. The number of ether oxygens (including phenoxy) is 1. The van der Waals surface area contributed by atoms with E-state index in [1.54, 1.807) is 13.2 Å². The van der Waals surface area contributed by atoms with Gasteiger partial charge in [0.25, 0.3) is 0 Å². The van der Waals surface area contributed by atoms with E-state index in [1.165, 1.54) is 0 Å². The van der Waals surface area contributed by atoms with Crippen LogP contribution >= 0.6 is 0 Å². The van der Waals surface area contributed by atoms with Crippen LogP contribution in [0.2, 0.25) is 0 Å². The molecule has 2 N–H and O–H groups in total. The number of hydrogen-bond acceptors (Lipinski definition) is 4. The molecule has 0 unspecified atom stereocenters. The van der Waals surface area contributed by atoms with Crippen LogP contribution in [0.1, 0.15) is 26.1 Å². The Bertz CT molecular complexity index is 604. The number of aromatic amines is 1. The van der Waals surface area contributed by atoms with Crippen molar-refractivity contribution in [2.45, 2.75) is 26.7 Å². The Morgan fingerprint density at radius 1 is 1.42 bits per heavy atom. The Kier molecular flexibility index (Phi) is 3.42. The number of imidazole rings is 1. The Morgan fingerprint density at radius 2 is 2.16 bits per heavy atom. The summed E-state index contributed by atoms with van der Waals surface area (Å²) in [6.07, 6.45) is 0.652. The summed E-state index contributed by atoms with van der Waals surface area (Å²) < 4.78 is 5.04. The molecule has 0 radical (unpaired) electrons. The van der Waals surface area contributed by atoms with Crippen LogP contribution in [0.3, 0.4) is 0 Å². The lowest BCUT2D eigenvalue weighted by Crippen LogP contribution is -2.20. The summed E-state index contributed by atoms with van der Waals surface area (Å²) in [4.78, 5) is 22.6. The van der Waals surface area contributed by atoms with E-state index in [9.17, 15) is 4.79 Å². The van der Waals surface area contributed by atoms with E-state index in [2.05, 4.69) is 15.0 Å². The van der Waals surface area contributed by atoms with Crippen molar-refractivity contribution < 1.29 is 14.6 Å². The summed E-state index contributed by atoms with van der Waals surface area (Å²) in [5, 5.41) is 8.88. The fourth-order valence-corrected chi connectivity index (χ4v) is 2.05. The number of H-pyrrole nitrogens is 1. The van der Waals surface area contributed by atoms with E-state index in [1.807, 2.05) is 19.9 Å². The van der Waals surface area contributed by atoms with Gasteiger partial charge in [0, 0.05) is 12.5 Å². The first kappa shape index (κ1) is 13.3. The van der Waals surface area contributed by atoms with Crippen molar-refractivity contribution in [3.63, 3.8) is 0 Å². The molecule has 0 bridgehead atoms. The maximum Gasteiger partial charge on any atom is 0.303 e. The van der Waals surface area contributed by atoms with Gasteiger partial charge in [-0.25, -0.2) is 4.98 Å². The zero-order valence-corrected chi connectivity index (χ0v) is 11.2. The number of nitrogens with zero attached hydrogens (tertiary/aromatic N) is 2. The molecule has 0 aliphatic rings. The molecule has 102 valence electrons. The lowest BCUT2D eigenvalue weighted by atomic mass is 9.85. The van der Waals surface area contributed by atoms with Gasteiger partial charge in [0.2, 0.25) is 5.88 Å². The topological polar surface area (TPSA) is 88.1 Å². The normalized spacial score (nSPS) is 11.7. The summed E-state index contributed by atoms with van der Waals surface area (Å²) in [6.45, 7) is 3.81. The maximum absolute atomic E-state index is 10.8. The van der Waals surface area contributed by atoms with Crippen LogP contribution in [0.4, 0.5) is 0 Å². The van der Waals surface area contributed by atoms with Crippen molar-refractivity contribution in [2.75, 3.05) is 7.11 Å². The van der Waals surface area contributed by atoms with Crippen LogP contribution in [0.25, 0.3) is 11.2 Å². The predicted octanol–water partition coefficient (Wildman–Crippen LogP) is 2.01. The number of carboxylic acid groups (broad SMARTS) is 1. The first-order valence-corrected chi connectivity index (χ1v) is 6.01. The highest BCUT2D eigenvalue weighted by molar-refractivity contribution is 5.71. The molecular weight excluding hydrogens is 246 g/mol. The second-order valence-corrected chi connectivity index (χ2v) is 5.32. The van der Waals surface area contributed by atoms with Gasteiger partial charge in [0.05, 0.1) is 19.0 Å². The molecule has 2 aromatic heterocycles. The number of aromatic nitrogens is 3. The van der Waals surface area contributed by atoms with Gasteiger partial charge in [0.1, 0.15) is 5.82 Å². The lowest BCUT2D eigenvalue weighted by Gasteiger charge is -2.20. The third-order valence-corrected chi connectivity index (χ3v) is 2.85. The quantitative estimate of drug-likeness (QED) is 0.861. The number of rotatable bonds is 5. The molecule has 0 aliphatic carbocycles. The third kappa shape index (κ3) is 3.21. The van der Waals surface area contributed by atoms with E-state index in [0.29, 0.717) is 17.9 Å². The predicted molar refractivity (Wildman–Crippen MR) is 70.2 cm³/mol. The van der Waals surface area contributed by atoms with Crippen LogP contribution in [-0.4, -0.2) is 33.1 Å². The first-order chi connectivity index (χ1) is 8.89. The monoisotopic (exact) mass is 263 g/mol. The fourth-order valence-electron chi connectivity index (χ4n) is 2.05. The SMILES string of the molecule is COc1ccc2[nH]c(CC(C)(C)CC(=O)O)nc2n1. The number of carbonyl (C=O) groups is 1. The molecule has 6 heteroatoms. The maximum atomic E-state index is 10.8. The van der Waals surface area contributed by atoms with Crippen molar-refractivity contribution in [2.24, 2.45) is 5.41 Å². The van der Waals surface area contributed by atoms with Gasteiger partial charge in [-0.2, -0.15) is 4.98 Å². The molecule has 0 aromatic carbocycles. The average molecular weight is 263 g/mol. The lowest BCUT2D eigenvalue weighted by molar-refractivity contribution is -0.139. The van der Waals surface area contributed by atoms with Crippen LogP contribution in [0.15, 0.2) is 12.1 Å². The van der Waals surface area contributed by atoms with Crippen LogP contribution < -0.4 is 4.74 Å². The number of methoxy groups -OCH3 is 1. The largest absolute Gasteiger partial charge is 0.481 e. The van der Waals surface area contributed by atoms with Crippen molar-refractivity contribution in [3.8, 4) is 5.88 Å². The fraction of sp³-hybridized carbons (Fsp3) is 0.462. The Hall–Kier alpha value is -2.11. The molecule has 19 heavy (non-hydrogen) atoms. The Labute approximate surface area is 110 Å². The molecule has 2 aromatic rings. The van der Waals surface area contributed by atoms with Crippen LogP contribution in [0.5, 0.6) is 5.88 Å². The minimum absolute atomic E-state index is 0.0980. The summed E-state index contributed by atoms with van der Waals surface area (Å²) in [6, 6.07) is 3.61. The molecule has 0 fully saturated rings. The first-order valence-electron chi connectivity index (χ1n) is 6.01. The number of nitrogens with one attached hydrogen (secondary N) is 1. The average Bonchev–Trinajstić information content (AvgIpc) is 2.66. The van der Waals surface area contributed by atoms with E-state index >= 15 is 0 Å². The van der Waals surface area contributed by atoms with Gasteiger partial charge in [-0.05, 0) is 11.5 Å².